The van der Waals surface area contributed by atoms with Crippen molar-refractivity contribution >= 4 is 45.7 Å². The number of thioether (sulfide) groups is 1. The maximum absolute atomic E-state index is 5.73. The molecule has 0 radical (unpaired) electrons. The van der Waals surface area contributed by atoms with Crippen molar-refractivity contribution in [1.82, 2.24) is 4.98 Å². The normalized spacial score (nSPS) is 12.2. The van der Waals surface area contributed by atoms with Crippen LogP contribution in [0.1, 0.15) is 13.8 Å². The van der Waals surface area contributed by atoms with E-state index in [1.54, 1.807) is 23.1 Å². The number of ether oxygens (including phenoxy) is 1. The summed E-state index contributed by atoms with van der Waals surface area (Å²) in [5.41, 5.74) is 6.77. The number of nitrogens with zero attached hydrogens (tertiary/aromatic N) is 1. The molecule has 2 N–H and O–H groups in total. The Morgan fingerprint density at radius 1 is 1.50 bits per heavy atom. The van der Waals surface area contributed by atoms with Gasteiger partial charge in [-0.1, -0.05) is 11.8 Å². The zero-order valence-electron chi connectivity index (χ0n) is 10.4. The molecular formula is C12H17ClN2OS2. The lowest BCUT2D eigenvalue weighted by atomic mass is 10.3. The Kier molecular flexibility index (Phi) is 6.21. The van der Waals surface area contributed by atoms with E-state index in [0.717, 1.165) is 21.4 Å². The highest BCUT2D eigenvalue weighted by Crippen LogP contribution is 2.31. The molecule has 0 aliphatic rings. The van der Waals surface area contributed by atoms with Crippen molar-refractivity contribution in [3.05, 3.63) is 18.2 Å². The second-order valence-corrected chi connectivity index (χ2v) is 6.13. The first-order chi connectivity index (χ1) is 8.19. The Morgan fingerprint density at radius 3 is 2.94 bits per heavy atom. The Hall–Kier alpha value is -0.490. The Balaban J connectivity index is 0.00000162. The van der Waals surface area contributed by atoms with Crippen LogP contribution < -0.4 is 10.5 Å². The van der Waals surface area contributed by atoms with Crippen LogP contribution in [-0.2, 0) is 0 Å². The van der Waals surface area contributed by atoms with E-state index in [-0.39, 0.29) is 18.4 Å². The van der Waals surface area contributed by atoms with E-state index in [1.165, 1.54) is 4.70 Å². The van der Waals surface area contributed by atoms with Gasteiger partial charge in [-0.15, -0.1) is 23.7 Å². The van der Waals surface area contributed by atoms with E-state index in [9.17, 15) is 0 Å². The molecule has 1 aromatic carbocycles. The molecule has 6 heteroatoms. The molecule has 100 valence electrons. The highest BCUT2D eigenvalue weighted by Gasteiger charge is 2.06. The van der Waals surface area contributed by atoms with Gasteiger partial charge in [-0.05, 0) is 32.0 Å². The number of nitrogens with two attached hydrogens (primary N) is 1. The summed E-state index contributed by atoms with van der Waals surface area (Å²) in [6, 6.07) is 6.22. The summed E-state index contributed by atoms with van der Waals surface area (Å²) in [5, 5.41) is 0. The highest BCUT2D eigenvalue weighted by molar-refractivity contribution is 8.01. The fourth-order valence-corrected chi connectivity index (χ4v) is 3.41. The minimum Gasteiger partial charge on any atom is -0.494 e. The van der Waals surface area contributed by atoms with Crippen LogP contribution in [0.4, 0.5) is 0 Å². The Morgan fingerprint density at radius 2 is 2.28 bits per heavy atom. The molecule has 2 aromatic rings. The number of halogens is 1. The predicted octanol–water partition coefficient (Wildman–Crippen LogP) is 3.56. The van der Waals surface area contributed by atoms with Crippen molar-refractivity contribution in [3.8, 4) is 5.75 Å². The van der Waals surface area contributed by atoms with Crippen LogP contribution in [0.2, 0.25) is 0 Å². The zero-order chi connectivity index (χ0) is 12.3. The van der Waals surface area contributed by atoms with E-state index in [1.807, 2.05) is 32.0 Å². The molecule has 1 atom stereocenters. The quantitative estimate of drug-likeness (QED) is 0.858. The van der Waals surface area contributed by atoms with Gasteiger partial charge in [0.2, 0.25) is 0 Å². The molecule has 1 aromatic heterocycles. The third-order valence-corrected chi connectivity index (χ3v) is 4.57. The summed E-state index contributed by atoms with van der Waals surface area (Å²) in [6.45, 7) is 4.69. The lowest BCUT2D eigenvalue weighted by Gasteiger charge is -2.00. The van der Waals surface area contributed by atoms with Crippen LogP contribution in [0.25, 0.3) is 10.2 Å². The molecule has 18 heavy (non-hydrogen) atoms. The first-order valence-corrected chi connectivity index (χ1v) is 7.41. The molecule has 3 nitrogen and oxygen atoms in total. The summed E-state index contributed by atoms with van der Waals surface area (Å²) < 4.78 is 7.72. The van der Waals surface area contributed by atoms with Gasteiger partial charge >= 0.3 is 0 Å². The summed E-state index contributed by atoms with van der Waals surface area (Å²) in [4.78, 5) is 4.56. The van der Waals surface area contributed by atoms with Gasteiger partial charge < -0.3 is 10.5 Å². The van der Waals surface area contributed by atoms with E-state index < -0.39 is 0 Å². The van der Waals surface area contributed by atoms with Crippen molar-refractivity contribution in [2.75, 3.05) is 12.4 Å². The van der Waals surface area contributed by atoms with Crippen molar-refractivity contribution < 1.29 is 4.74 Å². The van der Waals surface area contributed by atoms with Gasteiger partial charge in [-0.3, -0.25) is 0 Å². The van der Waals surface area contributed by atoms with Crippen LogP contribution in [-0.4, -0.2) is 23.4 Å². The van der Waals surface area contributed by atoms with Gasteiger partial charge in [0.05, 0.1) is 16.8 Å². The Labute approximate surface area is 122 Å². The number of aromatic nitrogens is 1. The van der Waals surface area contributed by atoms with Crippen molar-refractivity contribution in [2.24, 2.45) is 5.73 Å². The monoisotopic (exact) mass is 304 g/mol. The first-order valence-electron chi connectivity index (χ1n) is 5.61. The highest BCUT2D eigenvalue weighted by atomic mass is 35.5. The molecule has 0 spiro atoms. The van der Waals surface area contributed by atoms with Crippen molar-refractivity contribution in [2.45, 2.75) is 24.2 Å². The van der Waals surface area contributed by atoms with Crippen LogP contribution >= 0.6 is 35.5 Å². The fourth-order valence-electron chi connectivity index (χ4n) is 1.40. The topological polar surface area (TPSA) is 48.1 Å². The second-order valence-electron chi connectivity index (χ2n) is 3.83. The minimum atomic E-state index is 0. The molecule has 1 heterocycles. The molecule has 0 aliphatic carbocycles. The summed E-state index contributed by atoms with van der Waals surface area (Å²) in [6.07, 6.45) is 0. The van der Waals surface area contributed by atoms with Gasteiger partial charge in [0, 0.05) is 11.8 Å². The van der Waals surface area contributed by atoms with Crippen LogP contribution in [0.3, 0.4) is 0 Å². The smallest absolute Gasteiger partial charge is 0.151 e. The van der Waals surface area contributed by atoms with Crippen LogP contribution in [0.5, 0.6) is 5.75 Å². The first kappa shape index (κ1) is 15.6. The lowest BCUT2D eigenvalue weighted by molar-refractivity contribution is 0.341. The summed E-state index contributed by atoms with van der Waals surface area (Å²) in [5.74, 6) is 1.81. The molecule has 2 rings (SSSR count). The second kappa shape index (κ2) is 7.19. The number of hydrogen-bond donors (Lipinski definition) is 1. The Bertz CT molecular complexity index is 502. The van der Waals surface area contributed by atoms with Crippen molar-refractivity contribution in [3.63, 3.8) is 0 Å². The summed E-state index contributed by atoms with van der Waals surface area (Å²) >= 11 is 3.41. The third kappa shape index (κ3) is 4.02. The maximum atomic E-state index is 5.73. The average molecular weight is 305 g/mol. The lowest BCUT2D eigenvalue weighted by Crippen LogP contribution is -2.17. The minimum absolute atomic E-state index is 0. The molecule has 0 unspecified atom stereocenters. The molecule has 0 amide bonds. The third-order valence-electron chi connectivity index (χ3n) is 2.12. The zero-order valence-corrected chi connectivity index (χ0v) is 12.8. The predicted molar refractivity (Wildman–Crippen MR) is 82.4 cm³/mol. The van der Waals surface area contributed by atoms with E-state index in [2.05, 4.69) is 4.98 Å². The van der Waals surface area contributed by atoms with Crippen LogP contribution in [0.15, 0.2) is 22.5 Å². The van der Waals surface area contributed by atoms with Gasteiger partial charge in [0.15, 0.2) is 4.34 Å². The molecule has 0 bridgehead atoms. The summed E-state index contributed by atoms with van der Waals surface area (Å²) in [7, 11) is 0. The van der Waals surface area contributed by atoms with Crippen molar-refractivity contribution in [1.29, 1.82) is 0 Å². The number of benzene rings is 1. The van der Waals surface area contributed by atoms with Gasteiger partial charge in [0.25, 0.3) is 0 Å². The molecule has 0 saturated carbocycles. The molecule has 0 fully saturated rings. The number of hydrogen-bond acceptors (Lipinski definition) is 5. The number of rotatable bonds is 5. The standard InChI is InChI=1S/C12H16N2OS2.ClH/c1-3-15-9-4-5-10-11(6-9)17-12(14-10)16-7-8(2)13;/h4-6,8H,3,7,13H2,1-2H3;1H/t8-;/m1./s1. The molecule has 0 saturated heterocycles. The maximum Gasteiger partial charge on any atom is 0.151 e. The van der Waals surface area contributed by atoms with E-state index >= 15 is 0 Å². The van der Waals surface area contributed by atoms with Crippen LogP contribution in [0, 0.1) is 0 Å². The van der Waals surface area contributed by atoms with E-state index in [4.69, 9.17) is 10.5 Å². The fraction of sp³-hybridized carbons (Fsp3) is 0.417. The van der Waals surface area contributed by atoms with Gasteiger partial charge in [-0.2, -0.15) is 0 Å². The largest absolute Gasteiger partial charge is 0.494 e. The van der Waals surface area contributed by atoms with Gasteiger partial charge in [0.1, 0.15) is 5.75 Å². The molecular weight excluding hydrogens is 288 g/mol. The average Bonchev–Trinajstić information content (AvgIpc) is 2.69. The number of thiazole rings is 1. The number of fused-ring (bicyclic) bond motifs is 1. The SMILES string of the molecule is CCOc1ccc2nc(SC[C@@H](C)N)sc2c1.Cl. The van der Waals surface area contributed by atoms with E-state index in [0.29, 0.717) is 6.61 Å². The van der Waals surface area contributed by atoms with Gasteiger partial charge in [-0.25, -0.2) is 4.98 Å². The molecule has 0 aliphatic heterocycles.